The summed E-state index contributed by atoms with van der Waals surface area (Å²) in [6.45, 7) is 3.58. The molecule has 0 spiro atoms. The largest absolute Gasteiger partial charge is 0.417 e. The second kappa shape index (κ2) is 8.09. The fourth-order valence-electron chi connectivity index (χ4n) is 1.33. The summed E-state index contributed by atoms with van der Waals surface area (Å²) in [4.78, 5) is 22.9. The van der Waals surface area contributed by atoms with Gasteiger partial charge in [0.25, 0.3) is 0 Å². The summed E-state index contributed by atoms with van der Waals surface area (Å²) < 4.78 is 38.1. The predicted octanol–water partition coefficient (Wildman–Crippen LogP) is 3.46. The van der Waals surface area contributed by atoms with Crippen LogP contribution in [0.4, 0.5) is 18.0 Å². The number of rotatable bonds is 5. The van der Waals surface area contributed by atoms with E-state index in [2.05, 4.69) is 11.9 Å². The van der Waals surface area contributed by atoms with E-state index in [1.54, 1.807) is 0 Å². The number of thioether (sulfide) groups is 1. The van der Waals surface area contributed by atoms with E-state index in [9.17, 15) is 22.8 Å². The molecule has 2 N–H and O–H groups in total. The van der Waals surface area contributed by atoms with Gasteiger partial charge in [0.1, 0.15) is 0 Å². The van der Waals surface area contributed by atoms with Gasteiger partial charge in [-0.3, -0.25) is 10.1 Å². The molecule has 0 aromatic heterocycles. The van der Waals surface area contributed by atoms with E-state index in [4.69, 9.17) is 11.6 Å². The van der Waals surface area contributed by atoms with Crippen molar-refractivity contribution in [3.05, 3.63) is 41.4 Å². The van der Waals surface area contributed by atoms with Crippen LogP contribution >= 0.6 is 23.4 Å². The summed E-state index contributed by atoms with van der Waals surface area (Å²) in [5.41, 5.74) is -0.969. The van der Waals surface area contributed by atoms with Crippen LogP contribution in [0.5, 0.6) is 0 Å². The first-order valence-corrected chi connectivity index (χ1v) is 7.28. The number of alkyl halides is 3. The van der Waals surface area contributed by atoms with E-state index in [-0.39, 0.29) is 17.2 Å². The quantitative estimate of drug-likeness (QED) is 0.630. The van der Waals surface area contributed by atoms with Crippen molar-refractivity contribution in [1.29, 1.82) is 0 Å². The first-order valence-electron chi connectivity index (χ1n) is 5.92. The molecule has 0 unspecified atom stereocenters. The fraction of sp³-hybridized carbons (Fsp3) is 0.231. The second-order valence-corrected chi connectivity index (χ2v) is 5.43. The number of nitrogens with one attached hydrogen (secondary N) is 2. The number of carbonyl (C=O) groups is 2. The molecule has 120 valence electrons. The number of urea groups is 1. The average Bonchev–Trinajstić information content (AvgIpc) is 2.43. The van der Waals surface area contributed by atoms with Crippen LogP contribution in [-0.4, -0.2) is 24.2 Å². The van der Waals surface area contributed by atoms with Crippen molar-refractivity contribution >= 4 is 35.3 Å². The minimum Gasteiger partial charge on any atom is -0.334 e. The van der Waals surface area contributed by atoms with Crippen LogP contribution in [-0.2, 0) is 11.0 Å². The standard InChI is InChI=1S/C13H12ClF3N2O2S/c1-2-5-18-12(21)19-11(20)7-22-8-3-4-10(14)9(6-8)13(15,16)17/h2-4,6H,1,5,7H2,(H2,18,19,20,21). The van der Waals surface area contributed by atoms with E-state index in [0.29, 0.717) is 0 Å². The van der Waals surface area contributed by atoms with Gasteiger partial charge in [-0.25, -0.2) is 4.79 Å². The molecule has 4 nitrogen and oxygen atoms in total. The Morgan fingerprint density at radius 1 is 1.36 bits per heavy atom. The lowest BCUT2D eigenvalue weighted by Gasteiger charge is -2.10. The Morgan fingerprint density at radius 3 is 2.64 bits per heavy atom. The summed E-state index contributed by atoms with van der Waals surface area (Å²) in [5.74, 6) is -0.837. The van der Waals surface area contributed by atoms with Crippen molar-refractivity contribution in [2.45, 2.75) is 11.1 Å². The van der Waals surface area contributed by atoms with Crippen LogP contribution in [0.2, 0.25) is 5.02 Å². The SMILES string of the molecule is C=CCNC(=O)NC(=O)CSc1ccc(Cl)c(C(F)(F)F)c1. The maximum absolute atomic E-state index is 12.7. The van der Waals surface area contributed by atoms with Crippen LogP contribution in [0.3, 0.4) is 0 Å². The molecule has 0 aliphatic rings. The van der Waals surface area contributed by atoms with E-state index in [1.165, 1.54) is 12.1 Å². The Morgan fingerprint density at radius 2 is 2.05 bits per heavy atom. The van der Waals surface area contributed by atoms with Gasteiger partial charge in [0.05, 0.1) is 16.3 Å². The summed E-state index contributed by atoms with van der Waals surface area (Å²) in [7, 11) is 0. The smallest absolute Gasteiger partial charge is 0.334 e. The molecule has 0 aliphatic heterocycles. The second-order valence-electron chi connectivity index (χ2n) is 3.97. The van der Waals surface area contributed by atoms with Crippen molar-refractivity contribution in [2.75, 3.05) is 12.3 Å². The van der Waals surface area contributed by atoms with Gasteiger partial charge in [-0.15, -0.1) is 18.3 Å². The van der Waals surface area contributed by atoms with Gasteiger partial charge < -0.3 is 5.32 Å². The molecular formula is C13H12ClF3N2O2S. The van der Waals surface area contributed by atoms with Crippen LogP contribution in [0.1, 0.15) is 5.56 Å². The van der Waals surface area contributed by atoms with Gasteiger partial charge in [0.15, 0.2) is 0 Å². The molecule has 0 fully saturated rings. The lowest BCUT2D eigenvalue weighted by atomic mass is 10.2. The van der Waals surface area contributed by atoms with Gasteiger partial charge in [-0.05, 0) is 18.2 Å². The van der Waals surface area contributed by atoms with Crippen molar-refractivity contribution < 1.29 is 22.8 Å². The van der Waals surface area contributed by atoms with Gasteiger partial charge in [-0.2, -0.15) is 13.2 Å². The predicted molar refractivity (Wildman–Crippen MR) is 78.9 cm³/mol. The van der Waals surface area contributed by atoms with E-state index >= 15 is 0 Å². The Balaban J connectivity index is 2.60. The van der Waals surface area contributed by atoms with Crippen LogP contribution in [0.15, 0.2) is 35.7 Å². The van der Waals surface area contributed by atoms with Gasteiger partial charge in [0, 0.05) is 11.4 Å². The number of imide groups is 1. The van der Waals surface area contributed by atoms with Crippen LogP contribution in [0.25, 0.3) is 0 Å². The molecule has 9 heteroatoms. The first kappa shape index (κ1) is 18.4. The molecule has 0 heterocycles. The monoisotopic (exact) mass is 352 g/mol. The average molecular weight is 353 g/mol. The highest BCUT2D eigenvalue weighted by Crippen LogP contribution is 2.36. The topological polar surface area (TPSA) is 58.2 Å². The summed E-state index contributed by atoms with van der Waals surface area (Å²) in [6, 6.07) is 2.64. The highest BCUT2D eigenvalue weighted by Gasteiger charge is 2.33. The highest BCUT2D eigenvalue weighted by molar-refractivity contribution is 8.00. The van der Waals surface area contributed by atoms with Crippen molar-refractivity contribution in [3.63, 3.8) is 0 Å². The number of hydrogen-bond donors (Lipinski definition) is 2. The molecule has 22 heavy (non-hydrogen) atoms. The molecule has 1 rings (SSSR count). The fourth-order valence-corrected chi connectivity index (χ4v) is 2.29. The molecule has 0 atom stereocenters. The van der Waals surface area contributed by atoms with Crippen molar-refractivity contribution in [1.82, 2.24) is 10.6 Å². The van der Waals surface area contributed by atoms with E-state index < -0.39 is 28.7 Å². The Bertz CT molecular complexity index is 579. The van der Waals surface area contributed by atoms with Gasteiger partial charge in [0.2, 0.25) is 5.91 Å². The molecule has 1 aromatic carbocycles. The molecular weight excluding hydrogens is 341 g/mol. The Hall–Kier alpha value is -1.67. The number of amides is 3. The minimum atomic E-state index is -4.57. The zero-order valence-electron chi connectivity index (χ0n) is 11.2. The molecule has 0 aliphatic carbocycles. The van der Waals surface area contributed by atoms with Crippen LogP contribution in [0, 0.1) is 0 Å². The maximum Gasteiger partial charge on any atom is 0.417 e. The van der Waals surface area contributed by atoms with E-state index in [1.807, 2.05) is 5.32 Å². The number of halogens is 4. The first-order chi connectivity index (χ1) is 10.2. The molecule has 3 amide bonds. The van der Waals surface area contributed by atoms with Crippen molar-refractivity contribution in [2.24, 2.45) is 0 Å². The third kappa shape index (κ3) is 5.98. The molecule has 0 saturated carbocycles. The zero-order chi connectivity index (χ0) is 16.8. The van der Waals surface area contributed by atoms with E-state index in [0.717, 1.165) is 23.9 Å². The number of hydrogen-bond acceptors (Lipinski definition) is 3. The maximum atomic E-state index is 12.7. The molecule has 1 aromatic rings. The third-order valence-corrected chi connectivity index (χ3v) is 3.60. The zero-order valence-corrected chi connectivity index (χ0v) is 12.7. The molecule has 0 saturated heterocycles. The highest BCUT2D eigenvalue weighted by atomic mass is 35.5. The Kier molecular flexibility index (Phi) is 6.76. The minimum absolute atomic E-state index is 0.193. The summed E-state index contributed by atoms with van der Waals surface area (Å²) in [6.07, 6.45) is -3.13. The van der Waals surface area contributed by atoms with Gasteiger partial charge in [-0.1, -0.05) is 17.7 Å². The summed E-state index contributed by atoms with van der Waals surface area (Å²) >= 11 is 6.35. The summed E-state index contributed by atoms with van der Waals surface area (Å²) in [5, 5.41) is 3.96. The normalized spacial score (nSPS) is 10.9. The van der Waals surface area contributed by atoms with Gasteiger partial charge >= 0.3 is 12.2 Å². The van der Waals surface area contributed by atoms with Crippen LogP contribution < -0.4 is 10.6 Å². The number of carbonyl (C=O) groups excluding carboxylic acids is 2. The molecule has 0 radical (unpaired) electrons. The van der Waals surface area contributed by atoms with Crippen molar-refractivity contribution in [3.8, 4) is 0 Å². The lowest BCUT2D eigenvalue weighted by molar-refractivity contribution is -0.137. The number of benzene rings is 1. The lowest BCUT2D eigenvalue weighted by Crippen LogP contribution is -2.40. The molecule has 0 bridgehead atoms. The Labute approximate surface area is 134 Å². The third-order valence-electron chi connectivity index (χ3n) is 2.27.